The summed E-state index contributed by atoms with van der Waals surface area (Å²) in [4.78, 5) is 24.4. The van der Waals surface area contributed by atoms with Gasteiger partial charge in [-0.15, -0.1) is 0 Å². The van der Waals surface area contributed by atoms with E-state index >= 15 is 0 Å². The number of esters is 1. The van der Waals surface area contributed by atoms with Crippen molar-refractivity contribution in [1.82, 2.24) is 5.32 Å². The zero-order chi connectivity index (χ0) is 19.0. The minimum absolute atomic E-state index is 0.00217. The lowest BCUT2D eigenvalue weighted by Crippen LogP contribution is -2.48. The molecular formula is C21H25Cl2NO3. The lowest BCUT2D eigenvalue weighted by Gasteiger charge is -2.56. The number of hydrogen-bond donors (Lipinski definition) is 1. The maximum atomic E-state index is 12.5. The van der Waals surface area contributed by atoms with Gasteiger partial charge in [0.15, 0.2) is 0 Å². The fourth-order valence-electron chi connectivity index (χ4n) is 5.95. The summed E-state index contributed by atoms with van der Waals surface area (Å²) < 4.78 is 5.21. The van der Waals surface area contributed by atoms with E-state index in [1.54, 1.807) is 18.2 Å². The van der Waals surface area contributed by atoms with Crippen LogP contribution in [0.4, 0.5) is 0 Å². The van der Waals surface area contributed by atoms with Gasteiger partial charge in [-0.3, -0.25) is 9.59 Å². The van der Waals surface area contributed by atoms with E-state index in [1.165, 1.54) is 38.5 Å². The third kappa shape index (κ3) is 4.27. The molecule has 4 aliphatic carbocycles. The molecule has 4 saturated carbocycles. The van der Waals surface area contributed by atoms with Gasteiger partial charge in [0.05, 0.1) is 0 Å². The summed E-state index contributed by atoms with van der Waals surface area (Å²) in [7, 11) is 0. The maximum Gasteiger partial charge on any atom is 0.325 e. The number of carbonyl (C=O) groups excluding carboxylic acids is 2. The summed E-state index contributed by atoms with van der Waals surface area (Å²) in [5, 5.41) is 3.66. The van der Waals surface area contributed by atoms with Crippen LogP contribution >= 0.6 is 23.2 Å². The normalized spacial score (nSPS) is 31.0. The number of nitrogens with one attached hydrogen (secondary N) is 1. The highest BCUT2D eigenvalue weighted by Crippen LogP contribution is 2.61. The SMILES string of the molecule is O=C(CC12CC3CC(CC(C3)C1)C2)NCC(=O)OCc1c(Cl)cccc1Cl. The van der Waals surface area contributed by atoms with Gasteiger partial charge in [-0.2, -0.15) is 0 Å². The number of hydrogen-bond acceptors (Lipinski definition) is 3. The Morgan fingerprint density at radius 2 is 1.59 bits per heavy atom. The molecule has 0 aliphatic heterocycles. The summed E-state index contributed by atoms with van der Waals surface area (Å²) in [6.45, 7) is -0.116. The molecule has 4 aliphatic rings. The summed E-state index contributed by atoms with van der Waals surface area (Å²) >= 11 is 12.1. The topological polar surface area (TPSA) is 55.4 Å². The Kier molecular flexibility index (Phi) is 5.39. The predicted octanol–water partition coefficient (Wildman–Crippen LogP) is 4.76. The molecule has 0 aromatic heterocycles. The van der Waals surface area contributed by atoms with Crippen molar-refractivity contribution in [1.29, 1.82) is 0 Å². The fourth-order valence-corrected chi connectivity index (χ4v) is 6.46. The number of carbonyl (C=O) groups is 2. The van der Waals surface area contributed by atoms with Crippen LogP contribution in [0, 0.1) is 23.2 Å². The molecule has 1 N–H and O–H groups in total. The largest absolute Gasteiger partial charge is 0.459 e. The first kappa shape index (κ1) is 19.1. The highest BCUT2D eigenvalue weighted by molar-refractivity contribution is 6.35. The van der Waals surface area contributed by atoms with E-state index in [-0.39, 0.29) is 24.5 Å². The van der Waals surface area contributed by atoms with Crippen LogP contribution in [0.5, 0.6) is 0 Å². The number of ether oxygens (including phenoxy) is 1. The smallest absolute Gasteiger partial charge is 0.325 e. The molecule has 5 rings (SSSR count). The predicted molar refractivity (Wildman–Crippen MR) is 104 cm³/mol. The molecule has 4 nitrogen and oxygen atoms in total. The lowest BCUT2D eigenvalue weighted by atomic mass is 9.49. The summed E-state index contributed by atoms with van der Waals surface area (Å²) in [5.41, 5.74) is 0.752. The van der Waals surface area contributed by atoms with Gasteiger partial charge in [0.2, 0.25) is 5.91 Å². The Labute approximate surface area is 169 Å². The van der Waals surface area contributed by atoms with Gasteiger partial charge >= 0.3 is 5.97 Å². The average molecular weight is 410 g/mol. The van der Waals surface area contributed by atoms with Crippen molar-refractivity contribution in [2.24, 2.45) is 23.2 Å². The van der Waals surface area contributed by atoms with Crippen molar-refractivity contribution in [3.8, 4) is 0 Å². The summed E-state index contributed by atoms with van der Waals surface area (Å²) in [6.07, 6.45) is 8.17. The average Bonchev–Trinajstić information content (AvgIpc) is 2.58. The Balaban J connectivity index is 1.24. The zero-order valence-corrected chi connectivity index (χ0v) is 16.8. The van der Waals surface area contributed by atoms with E-state index in [0.29, 0.717) is 22.0 Å². The van der Waals surface area contributed by atoms with Crippen LogP contribution in [-0.4, -0.2) is 18.4 Å². The van der Waals surface area contributed by atoms with Gasteiger partial charge in [0.25, 0.3) is 0 Å². The molecule has 1 aromatic rings. The standard InChI is InChI=1S/C21H25Cl2NO3/c22-17-2-1-3-18(23)16(17)12-27-20(26)11-24-19(25)10-21-7-13-4-14(8-21)6-15(5-13)9-21/h1-3,13-15H,4-12H2,(H,24,25). The molecule has 146 valence electrons. The summed E-state index contributed by atoms with van der Waals surface area (Å²) in [5.74, 6) is 1.92. The van der Waals surface area contributed by atoms with Crippen LogP contribution in [0.25, 0.3) is 0 Å². The van der Waals surface area contributed by atoms with Gasteiger partial charge in [-0.05, 0) is 73.8 Å². The van der Waals surface area contributed by atoms with Gasteiger partial charge < -0.3 is 10.1 Å². The van der Waals surface area contributed by atoms with E-state index in [1.807, 2.05) is 0 Å². The molecular weight excluding hydrogens is 385 g/mol. The number of amides is 1. The van der Waals surface area contributed by atoms with Crippen molar-refractivity contribution < 1.29 is 14.3 Å². The number of halogens is 2. The van der Waals surface area contributed by atoms with Crippen LogP contribution in [0.15, 0.2) is 18.2 Å². The highest BCUT2D eigenvalue weighted by atomic mass is 35.5. The maximum absolute atomic E-state index is 12.5. The molecule has 0 radical (unpaired) electrons. The molecule has 0 spiro atoms. The van der Waals surface area contributed by atoms with Crippen LogP contribution in [0.1, 0.15) is 50.5 Å². The van der Waals surface area contributed by atoms with E-state index in [9.17, 15) is 9.59 Å². The number of rotatable bonds is 6. The van der Waals surface area contributed by atoms with Crippen molar-refractivity contribution in [2.45, 2.75) is 51.6 Å². The molecule has 1 amide bonds. The second kappa shape index (κ2) is 7.63. The van der Waals surface area contributed by atoms with Crippen LogP contribution in [0.2, 0.25) is 10.0 Å². The first-order chi connectivity index (χ1) is 12.9. The fraction of sp³-hybridized carbons (Fsp3) is 0.619. The molecule has 0 atom stereocenters. The quantitative estimate of drug-likeness (QED) is 0.688. The minimum Gasteiger partial charge on any atom is -0.459 e. The first-order valence-electron chi connectivity index (χ1n) is 9.78. The second-order valence-electron chi connectivity index (χ2n) is 8.73. The van der Waals surface area contributed by atoms with Crippen molar-refractivity contribution in [2.75, 3.05) is 6.54 Å². The molecule has 27 heavy (non-hydrogen) atoms. The van der Waals surface area contributed by atoms with Crippen molar-refractivity contribution >= 4 is 35.1 Å². The Morgan fingerprint density at radius 3 is 2.15 bits per heavy atom. The van der Waals surface area contributed by atoms with Crippen LogP contribution < -0.4 is 5.32 Å². The third-order valence-corrected chi connectivity index (χ3v) is 7.28. The molecule has 0 saturated heterocycles. The van der Waals surface area contributed by atoms with E-state index in [0.717, 1.165) is 17.8 Å². The monoisotopic (exact) mass is 409 g/mol. The Morgan fingerprint density at radius 1 is 1.04 bits per heavy atom. The molecule has 0 heterocycles. The van der Waals surface area contributed by atoms with Gasteiger partial charge in [0, 0.05) is 22.0 Å². The van der Waals surface area contributed by atoms with E-state index in [4.69, 9.17) is 27.9 Å². The Bertz CT molecular complexity index is 693. The van der Waals surface area contributed by atoms with Gasteiger partial charge in [-0.25, -0.2) is 0 Å². The van der Waals surface area contributed by atoms with Gasteiger partial charge in [-0.1, -0.05) is 29.3 Å². The zero-order valence-electron chi connectivity index (χ0n) is 15.3. The van der Waals surface area contributed by atoms with Crippen LogP contribution in [0.3, 0.4) is 0 Å². The highest BCUT2D eigenvalue weighted by Gasteiger charge is 2.51. The lowest BCUT2D eigenvalue weighted by molar-refractivity contribution is -0.146. The molecule has 0 unspecified atom stereocenters. The molecule has 6 heteroatoms. The van der Waals surface area contributed by atoms with Crippen molar-refractivity contribution in [3.63, 3.8) is 0 Å². The second-order valence-corrected chi connectivity index (χ2v) is 9.55. The third-order valence-electron chi connectivity index (χ3n) is 6.57. The first-order valence-corrected chi connectivity index (χ1v) is 10.5. The number of benzene rings is 1. The molecule has 4 bridgehead atoms. The van der Waals surface area contributed by atoms with E-state index < -0.39 is 5.97 Å². The Hall–Kier alpha value is -1.26. The molecule has 4 fully saturated rings. The molecule has 1 aromatic carbocycles. The van der Waals surface area contributed by atoms with Crippen molar-refractivity contribution in [3.05, 3.63) is 33.8 Å². The van der Waals surface area contributed by atoms with E-state index in [2.05, 4.69) is 5.32 Å². The summed E-state index contributed by atoms with van der Waals surface area (Å²) in [6, 6.07) is 5.13. The minimum atomic E-state index is -0.482. The van der Waals surface area contributed by atoms with Gasteiger partial charge in [0.1, 0.15) is 13.2 Å². The van der Waals surface area contributed by atoms with Crippen LogP contribution in [-0.2, 0) is 20.9 Å².